The van der Waals surface area contributed by atoms with E-state index in [1.54, 1.807) is 11.1 Å². The van der Waals surface area contributed by atoms with E-state index in [0.717, 1.165) is 17.8 Å². The number of nitrogens with one attached hydrogen (secondary N) is 1. The highest BCUT2D eigenvalue weighted by Crippen LogP contribution is 2.35. The summed E-state index contributed by atoms with van der Waals surface area (Å²) in [4.78, 5) is 0. The monoisotopic (exact) mass is 594 g/mol. The zero-order valence-corrected chi connectivity index (χ0v) is 29.6. The van der Waals surface area contributed by atoms with Crippen LogP contribution in [-0.4, -0.2) is 13.1 Å². The molecule has 1 fully saturated rings. The molecular weight excluding hydrogens is 518 g/mol. The van der Waals surface area contributed by atoms with Crippen molar-refractivity contribution in [3.63, 3.8) is 0 Å². The number of unbranched alkanes of at least 4 members (excludes halogenated alkanes) is 11. The topological polar surface area (TPSA) is 12.0 Å². The third-order valence-corrected chi connectivity index (χ3v) is 10.6. The van der Waals surface area contributed by atoms with Gasteiger partial charge >= 0.3 is 0 Å². The van der Waals surface area contributed by atoms with Gasteiger partial charge in [-0.05, 0) is 147 Å². The fourth-order valence-electron chi connectivity index (χ4n) is 7.67. The lowest BCUT2D eigenvalue weighted by Gasteiger charge is -2.24. The number of rotatable bonds is 27. The molecule has 2 rings (SSSR count). The Kier molecular flexibility index (Phi) is 22.3. The van der Waals surface area contributed by atoms with Crippen LogP contribution in [-0.2, 0) is 0 Å². The average Bonchev–Trinajstić information content (AvgIpc) is 3.32. The molecule has 1 aliphatic carbocycles. The summed E-state index contributed by atoms with van der Waals surface area (Å²) in [6, 6.07) is 0. The molecule has 2 unspecified atom stereocenters. The third-order valence-electron chi connectivity index (χ3n) is 10.6. The predicted octanol–water partition coefficient (Wildman–Crippen LogP) is 13.6. The standard InChI is InChI=1S/C42H75N/c1-6-7-8-9-10-11-12-13-14-15-16-17-18-19-20-22-36(2)25-27-40(23-21-24-42-35-38(4)33-39(42)5)28-26-37(3)34-41-29-31-43-32-30-41/h10-11,38,40-41,43H,2-3,6-9,12-35H2,1,4-5H3/b11-10-. The minimum atomic E-state index is 0.845. The Labute approximate surface area is 270 Å². The minimum absolute atomic E-state index is 0.845. The smallest absolute Gasteiger partial charge is 0.00462 e. The number of piperidine rings is 1. The maximum absolute atomic E-state index is 4.53. The molecule has 1 heterocycles. The molecule has 0 spiro atoms. The Morgan fingerprint density at radius 2 is 1.35 bits per heavy atom. The molecule has 1 nitrogen and oxygen atoms in total. The summed E-state index contributed by atoms with van der Waals surface area (Å²) in [7, 11) is 0. The van der Waals surface area contributed by atoms with Gasteiger partial charge in [-0.3, -0.25) is 0 Å². The van der Waals surface area contributed by atoms with Crippen LogP contribution >= 0.6 is 0 Å². The first kappa shape index (κ1) is 38.1. The molecule has 248 valence electrons. The Morgan fingerprint density at radius 3 is 1.98 bits per heavy atom. The maximum Gasteiger partial charge on any atom is -0.00462 e. The quantitative estimate of drug-likeness (QED) is 0.0738. The zero-order chi connectivity index (χ0) is 31.0. The summed E-state index contributed by atoms with van der Waals surface area (Å²) in [5, 5.41) is 3.52. The van der Waals surface area contributed by atoms with E-state index >= 15 is 0 Å². The average molecular weight is 594 g/mol. The van der Waals surface area contributed by atoms with Gasteiger partial charge in [0.15, 0.2) is 0 Å². The summed E-state index contributed by atoms with van der Waals surface area (Å²) in [6.07, 6.45) is 40.0. The van der Waals surface area contributed by atoms with Gasteiger partial charge in [0.25, 0.3) is 0 Å². The van der Waals surface area contributed by atoms with Gasteiger partial charge < -0.3 is 5.32 Å². The van der Waals surface area contributed by atoms with Gasteiger partial charge in [-0.15, -0.1) is 0 Å². The van der Waals surface area contributed by atoms with E-state index in [-0.39, 0.29) is 0 Å². The highest BCUT2D eigenvalue weighted by atomic mass is 14.9. The van der Waals surface area contributed by atoms with Gasteiger partial charge in [0.1, 0.15) is 0 Å². The molecule has 1 N–H and O–H groups in total. The lowest BCUT2D eigenvalue weighted by Crippen LogP contribution is -2.27. The summed E-state index contributed by atoms with van der Waals surface area (Å²) in [5.74, 6) is 2.60. The van der Waals surface area contributed by atoms with Crippen LogP contribution in [0.5, 0.6) is 0 Å². The molecule has 0 bridgehead atoms. The fraction of sp³-hybridized carbons (Fsp3) is 0.810. The van der Waals surface area contributed by atoms with E-state index in [4.69, 9.17) is 0 Å². The molecule has 0 aromatic heterocycles. The molecule has 0 radical (unpaired) electrons. The maximum atomic E-state index is 4.53. The van der Waals surface area contributed by atoms with Crippen molar-refractivity contribution in [3.05, 3.63) is 47.6 Å². The van der Waals surface area contributed by atoms with E-state index in [0.29, 0.717) is 0 Å². The van der Waals surface area contributed by atoms with Crippen molar-refractivity contribution >= 4 is 0 Å². The van der Waals surface area contributed by atoms with Gasteiger partial charge in [0.2, 0.25) is 0 Å². The molecule has 1 saturated heterocycles. The highest BCUT2D eigenvalue weighted by Gasteiger charge is 2.19. The van der Waals surface area contributed by atoms with Crippen LogP contribution in [0.25, 0.3) is 0 Å². The van der Waals surface area contributed by atoms with Crippen molar-refractivity contribution in [1.82, 2.24) is 5.32 Å². The van der Waals surface area contributed by atoms with Gasteiger partial charge in [-0.1, -0.05) is 119 Å². The molecule has 0 amide bonds. The van der Waals surface area contributed by atoms with Crippen LogP contribution in [0.1, 0.15) is 188 Å². The predicted molar refractivity (Wildman–Crippen MR) is 195 cm³/mol. The van der Waals surface area contributed by atoms with E-state index < -0.39 is 0 Å². The summed E-state index contributed by atoms with van der Waals surface area (Å²) >= 11 is 0. The fourth-order valence-corrected chi connectivity index (χ4v) is 7.67. The second kappa shape index (κ2) is 25.2. The van der Waals surface area contributed by atoms with Crippen molar-refractivity contribution in [1.29, 1.82) is 0 Å². The number of hydrogen-bond donors (Lipinski definition) is 1. The van der Waals surface area contributed by atoms with Gasteiger partial charge in [0.05, 0.1) is 0 Å². The first-order valence-corrected chi connectivity index (χ1v) is 19.3. The molecule has 2 aliphatic rings. The zero-order valence-electron chi connectivity index (χ0n) is 29.6. The largest absolute Gasteiger partial charge is 0.317 e. The van der Waals surface area contributed by atoms with E-state index in [1.807, 2.05) is 0 Å². The Bertz CT molecular complexity index is 779. The first-order chi connectivity index (χ1) is 21.0. The van der Waals surface area contributed by atoms with Gasteiger partial charge in [-0.25, -0.2) is 0 Å². The van der Waals surface area contributed by atoms with E-state index in [1.165, 1.54) is 191 Å². The second-order valence-corrected chi connectivity index (χ2v) is 15.0. The molecule has 0 saturated carbocycles. The second-order valence-electron chi connectivity index (χ2n) is 15.0. The lowest BCUT2D eigenvalue weighted by molar-refractivity contribution is 0.360. The molecule has 1 aliphatic heterocycles. The van der Waals surface area contributed by atoms with E-state index in [9.17, 15) is 0 Å². The van der Waals surface area contributed by atoms with Crippen molar-refractivity contribution in [2.75, 3.05) is 13.1 Å². The van der Waals surface area contributed by atoms with Crippen LogP contribution in [0, 0.1) is 17.8 Å². The Hall–Kier alpha value is -1.08. The van der Waals surface area contributed by atoms with Crippen LogP contribution in [0.3, 0.4) is 0 Å². The van der Waals surface area contributed by atoms with Crippen LogP contribution in [0.15, 0.2) is 47.6 Å². The lowest BCUT2D eigenvalue weighted by atomic mass is 9.85. The van der Waals surface area contributed by atoms with Crippen molar-refractivity contribution < 1.29 is 0 Å². The molecule has 1 heteroatoms. The highest BCUT2D eigenvalue weighted by molar-refractivity contribution is 5.18. The summed E-state index contributed by atoms with van der Waals surface area (Å²) in [6.45, 7) is 18.6. The number of allylic oxidation sites excluding steroid dienone is 6. The normalized spacial score (nSPS) is 18.6. The Balaban J connectivity index is 1.56. The van der Waals surface area contributed by atoms with Crippen LogP contribution in [0.4, 0.5) is 0 Å². The Morgan fingerprint density at radius 1 is 0.744 bits per heavy atom. The molecule has 0 aromatic carbocycles. The van der Waals surface area contributed by atoms with Crippen molar-refractivity contribution in [3.8, 4) is 0 Å². The van der Waals surface area contributed by atoms with Crippen LogP contribution < -0.4 is 5.32 Å². The third kappa shape index (κ3) is 19.8. The van der Waals surface area contributed by atoms with E-state index in [2.05, 4.69) is 51.4 Å². The van der Waals surface area contributed by atoms with Gasteiger partial charge in [-0.2, -0.15) is 0 Å². The van der Waals surface area contributed by atoms with Crippen molar-refractivity contribution in [2.24, 2.45) is 17.8 Å². The van der Waals surface area contributed by atoms with Gasteiger partial charge in [0, 0.05) is 0 Å². The number of hydrogen-bond acceptors (Lipinski definition) is 1. The molecule has 43 heavy (non-hydrogen) atoms. The molecule has 2 atom stereocenters. The minimum Gasteiger partial charge on any atom is -0.317 e. The molecular formula is C42H75N. The SMILES string of the molecule is C=C(CCCCCCCCCC/C=C\CCCCC)CCC(CCCC1=C(C)CC(C)C1)CCC(=C)CC1CCNCC1. The molecule has 0 aromatic rings. The summed E-state index contributed by atoms with van der Waals surface area (Å²) in [5.41, 5.74) is 6.53. The summed E-state index contributed by atoms with van der Waals surface area (Å²) < 4.78 is 0. The van der Waals surface area contributed by atoms with Crippen LogP contribution in [0.2, 0.25) is 0 Å². The first-order valence-electron chi connectivity index (χ1n) is 19.3. The van der Waals surface area contributed by atoms with Crippen molar-refractivity contribution in [2.45, 2.75) is 188 Å².